The minimum Gasteiger partial charge on any atom is -0.379 e. The summed E-state index contributed by atoms with van der Waals surface area (Å²) in [5.41, 5.74) is 0. The van der Waals surface area contributed by atoms with Gasteiger partial charge in [-0.2, -0.15) is 0 Å². The second kappa shape index (κ2) is 21.8. The van der Waals surface area contributed by atoms with Crippen LogP contribution in [-0.2, 0) is 28.4 Å². The predicted molar refractivity (Wildman–Crippen MR) is 99.3 cm³/mol. The van der Waals surface area contributed by atoms with Gasteiger partial charge in [0.15, 0.2) is 0 Å². The average molecular weight is 365 g/mol. The molecule has 0 aromatic rings. The Kier molecular flexibility index (Phi) is 21.6. The van der Waals surface area contributed by atoms with Gasteiger partial charge in [0.25, 0.3) is 0 Å². The normalized spacial score (nSPS) is 11.5. The van der Waals surface area contributed by atoms with Gasteiger partial charge in [-0.3, -0.25) is 0 Å². The van der Waals surface area contributed by atoms with Gasteiger partial charge < -0.3 is 28.4 Å². The van der Waals surface area contributed by atoms with Crippen molar-refractivity contribution in [3.05, 3.63) is 0 Å². The molecular weight excluding hydrogens is 324 g/mol. The molecular formula is C19H40O6. The molecule has 0 aromatic heterocycles. The molecule has 0 unspecified atom stereocenters. The summed E-state index contributed by atoms with van der Waals surface area (Å²) in [6.45, 7) is 13.1. The van der Waals surface area contributed by atoms with E-state index in [2.05, 4.69) is 6.92 Å². The summed E-state index contributed by atoms with van der Waals surface area (Å²) in [5, 5.41) is 0. The van der Waals surface area contributed by atoms with Crippen LogP contribution in [0.25, 0.3) is 0 Å². The molecule has 0 spiro atoms. The zero-order chi connectivity index (χ0) is 18.4. The van der Waals surface area contributed by atoms with Crippen LogP contribution in [0.5, 0.6) is 0 Å². The second-order valence-electron chi connectivity index (χ2n) is 6.04. The van der Waals surface area contributed by atoms with E-state index in [0.717, 1.165) is 13.0 Å². The first kappa shape index (κ1) is 24.8. The SMILES string of the molecule is CCCCCCOCCOCCOCCOCCOCCOC(C)C. The number of hydrogen-bond donors (Lipinski definition) is 0. The fourth-order valence-electron chi connectivity index (χ4n) is 1.96. The van der Waals surface area contributed by atoms with Crippen molar-refractivity contribution in [1.82, 2.24) is 0 Å². The molecule has 0 amide bonds. The molecule has 6 nitrogen and oxygen atoms in total. The molecule has 0 aliphatic rings. The molecule has 0 saturated heterocycles. The van der Waals surface area contributed by atoms with Crippen molar-refractivity contribution >= 4 is 0 Å². The Balaban J connectivity index is 2.96. The molecule has 0 fully saturated rings. The van der Waals surface area contributed by atoms with Crippen molar-refractivity contribution in [2.75, 3.05) is 72.7 Å². The Hall–Kier alpha value is -0.240. The van der Waals surface area contributed by atoms with E-state index in [-0.39, 0.29) is 6.10 Å². The van der Waals surface area contributed by atoms with E-state index in [0.29, 0.717) is 66.1 Å². The molecule has 0 aromatic carbocycles. The number of hydrogen-bond acceptors (Lipinski definition) is 6. The lowest BCUT2D eigenvalue weighted by molar-refractivity contribution is -0.0213. The van der Waals surface area contributed by atoms with Crippen LogP contribution in [0.3, 0.4) is 0 Å². The zero-order valence-corrected chi connectivity index (χ0v) is 16.6. The molecule has 0 aliphatic carbocycles. The van der Waals surface area contributed by atoms with Crippen molar-refractivity contribution < 1.29 is 28.4 Å². The van der Waals surface area contributed by atoms with Gasteiger partial charge in [-0.1, -0.05) is 26.2 Å². The van der Waals surface area contributed by atoms with Gasteiger partial charge >= 0.3 is 0 Å². The van der Waals surface area contributed by atoms with E-state index < -0.39 is 0 Å². The van der Waals surface area contributed by atoms with Gasteiger partial charge in [0.2, 0.25) is 0 Å². The van der Waals surface area contributed by atoms with E-state index in [9.17, 15) is 0 Å². The predicted octanol–water partition coefficient (Wildman–Crippen LogP) is 3.07. The summed E-state index contributed by atoms with van der Waals surface area (Å²) in [4.78, 5) is 0. The topological polar surface area (TPSA) is 55.4 Å². The standard InChI is InChI=1S/C19H40O6/c1-4-5-6-7-8-20-9-10-21-11-12-22-13-14-23-15-16-24-17-18-25-19(2)3/h19H,4-18H2,1-3H3. The Morgan fingerprint density at radius 3 is 1.28 bits per heavy atom. The van der Waals surface area contributed by atoms with Crippen LogP contribution in [0, 0.1) is 0 Å². The van der Waals surface area contributed by atoms with E-state index in [4.69, 9.17) is 28.4 Å². The molecule has 0 heterocycles. The molecule has 0 bridgehead atoms. The monoisotopic (exact) mass is 364 g/mol. The first-order valence-electron chi connectivity index (χ1n) is 9.77. The molecule has 0 atom stereocenters. The van der Waals surface area contributed by atoms with Crippen LogP contribution >= 0.6 is 0 Å². The minimum atomic E-state index is 0.254. The summed E-state index contributed by atoms with van der Waals surface area (Å²) >= 11 is 0. The number of rotatable bonds is 21. The zero-order valence-electron chi connectivity index (χ0n) is 16.6. The Bertz CT molecular complexity index is 238. The lowest BCUT2D eigenvalue weighted by Gasteiger charge is -2.09. The maximum atomic E-state index is 5.49. The Morgan fingerprint density at radius 1 is 0.480 bits per heavy atom. The molecule has 0 rings (SSSR count). The molecule has 0 saturated carbocycles. The molecule has 0 N–H and O–H groups in total. The third-order valence-corrected chi connectivity index (χ3v) is 3.31. The fourth-order valence-corrected chi connectivity index (χ4v) is 1.96. The maximum Gasteiger partial charge on any atom is 0.0703 e. The number of ether oxygens (including phenoxy) is 6. The minimum absolute atomic E-state index is 0.254. The second-order valence-corrected chi connectivity index (χ2v) is 6.04. The smallest absolute Gasteiger partial charge is 0.0703 e. The molecule has 25 heavy (non-hydrogen) atoms. The van der Waals surface area contributed by atoms with Crippen molar-refractivity contribution in [2.45, 2.75) is 52.6 Å². The quantitative estimate of drug-likeness (QED) is 0.292. The van der Waals surface area contributed by atoms with Crippen LogP contribution in [0.4, 0.5) is 0 Å². The van der Waals surface area contributed by atoms with Crippen molar-refractivity contribution in [1.29, 1.82) is 0 Å². The summed E-state index contributed by atoms with van der Waals surface area (Å²) in [6.07, 6.45) is 5.21. The lowest BCUT2D eigenvalue weighted by atomic mass is 10.2. The van der Waals surface area contributed by atoms with E-state index >= 15 is 0 Å². The first-order chi connectivity index (χ1) is 12.3. The van der Waals surface area contributed by atoms with Crippen LogP contribution in [-0.4, -0.2) is 78.8 Å². The van der Waals surface area contributed by atoms with Crippen molar-refractivity contribution in [2.24, 2.45) is 0 Å². The summed E-state index contributed by atoms with van der Waals surface area (Å²) in [5.74, 6) is 0. The highest BCUT2D eigenvalue weighted by Gasteiger charge is 1.95. The van der Waals surface area contributed by atoms with Gasteiger partial charge in [-0.15, -0.1) is 0 Å². The number of unbranched alkanes of at least 4 members (excludes halogenated alkanes) is 3. The molecule has 152 valence electrons. The van der Waals surface area contributed by atoms with Gasteiger partial charge in [0.1, 0.15) is 0 Å². The van der Waals surface area contributed by atoms with Gasteiger partial charge in [-0.05, 0) is 20.3 Å². The van der Waals surface area contributed by atoms with E-state index in [1.54, 1.807) is 0 Å². The van der Waals surface area contributed by atoms with Crippen molar-refractivity contribution in [3.8, 4) is 0 Å². The van der Waals surface area contributed by atoms with Gasteiger partial charge in [-0.25, -0.2) is 0 Å². The maximum absolute atomic E-state index is 5.49. The molecule has 0 radical (unpaired) electrons. The van der Waals surface area contributed by atoms with Crippen LogP contribution in [0.1, 0.15) is 46.5 Å². The average Bonchev–Trinajstić information content (AvgIpc) is 2.60. The van der Waals surface area contributed by atoms with Gasteiger partial charge in [0.05, 0.1) is 72.2 Å². The highest BCUT2D eigenvalue weighted by atomic mass is 16.6. The fraction of sp³-hybridized carbons (Fsp3) is 1.00. The first-order valence-corrected chi connectivity index (χ1v) is 9.77. The van der Waals surface area contributed by atoms with E-state index in [1.807, 2.05) is 13.8 Å². The molecule has 6 heteroatoms. The van der Waals surface area contributed by atoms with Gasteiger partial charge in [0, 0.05) is 6.61 Å². The Morgan fingerprint density at radius 2 is 0.880 bits per heavy atom. The van der Waals surface area contributed by atoms with Crippen LogP contribution < -0.4 is 0 Å². The van der Waals surface area contributed by atoms with Crippen LogP contribution in [0.2, 0.25) is 0 Å². The largest absolute Gasteiger partial charge is 0.379 e. The molecule has 0 aliphatic heterocycles. The lowest BCUT2D eigenvalue weighted by Crippen LogP contribution is -2.14. The highest BCUT2D eigenvalue weighted by molar-refractivity contribution is 4.40. The van der Waals surface area contributed by atoms with Crippen LogP contribution in [0.15, 0.2) is 0 Å². The highest BCUT2D eigenvalue weighted by Crippen LogP contribution is 1.98. The summed E-state index contributed by atoms with van der Waals surface area (Å²) < 4.78 is 32.5. The third-order valence-electron chi connectivity index (χ3n) is 3.31. The summed E-state index contributed by atoms with van der Waals surface area (Å²) in [6, 6.07) is 0. The Labute approximate surface area is 154 Å². The third kappa shape index (κ3) is 23.8. The van der Waals surface area contributed by atoms with Crippen molar-refractivity contribution in [3.63, 3.8) is 0 Å². The van der Waals surface area contributed by atoms with E-state index in [1.165, 1.54) is 19.3 Å². The summed E-state index contributed by atoms with van der Waals surface area (Å²) in [7, 11) is 0.